The topological polar surface area (TPSA) is 71.3 Å². The minimum Gasteiger partial charge on any atom is -0.467 e. The van der Waals surface area contributed by atoms with Gasteiger partial charge in [0.2, 0.25) is 0 Å². The zero-order chi connectivity index (χ0) is 12.0. The van der Waals surface area contributed by atoms with Crippen LogP contribution in [-0.4, -0.2) is 18.4 Å². The van der Waals surface area contributed by atoms with Gasteiger partial charge in [0.05, 0.1) is 12.8 Å². The summed E-state index contributed by atoms with van der Waals surface area (Å²) in [6.07, 6.45) is 1.51. The molecule has 0 saturated heterocycles. The lowest BCUT2D eigenvalue weighted by atomic mass is 10.2. The van der Waals surface area contributed by atoms with Gasteiger partial charge >= 0.3 is 11.8 Å². The van der Waals surface area contributed by atoms with Crippen molar-refractivity contribution in [2.45, 2.75) is 20.4 Å². The third-order valence-corrected chi connectivity index (χ3v) is 1.88. The third kappa shape index (κ3) is 4.16. The summed E-state index contributed by atoms with van der Waals surface area (Å²) in [6.45, 7) is 4.63. The van der Waals surface area contributed by atoms with Crippen molar-refractivity contribution in [3.05, 3.63) is 24.2 Å². The second-order valence-electron chi connectivity index (χ2n) is 3.87. The number of carbonyl (C=O) groups excluding carboxylic acids is 2. The lowest BCUT2D eigenvalue weighted by molar-refractivity contribution is -0.139. The quantitative estimate of drug-likeness (QED) is 0.738. The minimum absolute atomic E-state index is 0.223. The molecule has 0 atom stereocenters. The molecule has 0 bridgehead atoms. The van der Waals surface area contributed by atoms with Crippen molar-refractivity contribution in [3.8, 4) is 0 Å². The van der Waals surface area contributed by atoms with Crippen molar-refractivity contribution in [3.63, 3.8) is 0 Å². The molecule has 0 aliphatic heterocycles. The summed E-state index contributed by atoms with van der Waals surface area (Å²) in [5, 5.41) is 4.99. The predicted molar refractivity (Wildman–Crippen MR) is 58.4 cm³/mol. The maximum absolute atomic E-state index is 11.3. The van der Waals surface area contributed by atoms with E-state index < -0.39 is 11.8 Å². The molecule has 0 fully saturated rings. The molecule has 0 aliphatic rings. The Labute approximate surface area is 94.2 Å². The Morgan fingerprint density at radius 1 is 1.31 bits per heavy atom. The molecule has 5 nitrogen and oxygen atoms in total. The molecule has 0 spiro atoms. The second kappa shape index (κ2) is 5.95. The lowest BCUT2D eigenvalue weighted by Gasteiger charge is -2.07. The van der Waals surface area contributed by atoms with E-state index in [0.29, 0.717) is 18.2 Å². The van der Waals surface area contributed by atoms with Crippen LogP contribution in [0.2, 0.25) is 0 Å². The van der Waals surface area contributed by atoms with Crippen LogP contribution in [-0.2, 0) is 16.1 Å². The summed E-state index contributed by atoms with van der Waals surface area (Å²) in [5.74, 6) is -0.316. The highest BCUT2D eigenvalue weighted by molar-refractivity contribution is 6.35. The average Bonchev–Trinajstić information content (AvgIpc) is 2.75. The molecule has 2 N–H and O–H groups in total. The maximum Gasteiger partial charge on any atom is 0.309 e. The van der Waals surface area contributed by atoms with Crippen molar-refractivity contribution in [2.24, 2.45) is 5.92 Å². The van der Waals surface area contributed by atoms with E-state index >= 15 is 0 Å². The molecule has 5 heteroatoms. The fourth-order valence-corrected chi connectivity index (χ4v) is 1.04. The fraction of sp³-hybridized carbons (Fsp3) is 0.455. The highest BCUT2D eigenvalue weighted by Crippen LogP contribution is 1.98. The van der Waals surface area contributed by atoms with Crippen LogP contribution < -0.4 is 10.6 Å². The van der Waals surface area contributed by atoms with E-state index in [1.807, 2.05) is 13.8 Å². The molecule has 1 rings (SSSR count). The summed E-state index contributed by atoms with van der Waals surface area (Å²) in [7, 11) is 0. The zero-order valence-corrected chi connectivity index (χ0v) is 9.45. The molecule has 16 heavy (non-hydrogen) atoms. The molecule has 0 saturated carbocycles. The van der Waals surface area contributed by atoms with E-state index in [0.717, 1.165) is 0 Å². The predicted octanol–water partition coefficient (Wildman–Crippen LogP) is 0.668. The van der Waals surface area contributed by atoms with Gasteiger partial charge in [-0.05, 0) is 18.1 Å². The molecule has 0 aliphatic carbocycles. The van der Waals surface area contributed by atoms with Crippen molar-refractivity contribution in [2.75, 3.05) is 6.54 Å². The second-order valence-corrected chi connectivity index (χ2v) is 3.87. The van der Waals surface area contributed by atoms with Gasteiger partial charge in [-0.15, -0.1) is 0 Å². The summed E-state index contributed by atoms with van der Waals surface area (Å²) in [5.41, 5.74) is 0. The Balaban J connectivity index is 2.26. The van der Waals surface area contributed by atoms with Crippen molar-refractivity contribution in [1.82, 2.24) is 10.6 Å². The van der Waals surface area contributed by atoms with E-state index in [1.54, 1.807) is 12.1 Å². The molecule has 1 aromatic rings. The Morgan fingerprint density at radius 3 is 2.56 bits per heavy atom. The summed E-state index contributed by atoms with van der Waals surface area (Å²) in [6, 6.07) is 3.45. The molecule has 88 valence electrons. The van der Waals surface area contributed by atoms with Gasteiger partial charge < -0.3 is 15.1 Å². The van der Waals surface area contributed by atoms with E-state index in [-0.39, 0.29) is 6.54 Å². The van der Waals surface area contributed by atoms with Gasteiger partial charge in [0.15, 0.2) is 0 Å². The van der Waals surface area contributed by atoms with Crippen LogP contribution in [0, 0.1) is 5.92 Å². The molecule has 0 radical (unpaired) electrons. The van der Waals surface area contributed by atoms with Crippen molar-refractivity contribution in [1.29, 1.82) is 0 Å². The van der Waals surface area contributed by atoms with Crippen LogP contribution in [0.1, 0.15) is 19.6 Å². The average molecular weight is 224 g/mol. The number of rotatable bonds is 4. The van der Waals surface area contributed by atoms with E-state index in [1.165, 1.54) is 6.26 Å². The smallest absolute Gasteiger partial charge is 0.309 e. The van der Waals surface area contributed by atoms with Crippen LogP contribution in [0.4, 0.5) is 0 Å². The van der Waals surface area contributed by atoms with Gasteiger partial charge in [-0.1, -0.05) is 13.8 Å². The van der Waals surface area contributed by atoms with Crippen LogP contribution in [0.25, 0.3) is 0 Å². The summed E-state index contributed by atoms with van der Waals surface area (Å²) < 4.78 is 5.02. The number of amides is 2. The Bertz CT molecular complexity index is 344. The minimum atomic E-state index is -0.642. The molecule has 0 unspecified atom stereocenters. The molecular weight excluding hydrogens is 208 g/mol. The van der Waals surface area contributed by atoms with Crippen molar-refractivity contribution < 1.29 is 14.0 Å². The lowest BCUT2D eigenvalue weighted by Crippen LogP contribution is -2.40. The molecule has 1 heterocycles. The number of carbonyl (C=O) groups is 2. The van der Waals surface area contributed by atoms with Crippen LogP contribution in [0.15, 0.2) is 22.8 Å². The first kappa shape index (κ1) is 12.3. The molecule has 1 aromatic heterocycles. The first-order valence-corrected chi connectivity index (χ1v) is 5.18. The standard InChI is InChI=1S/C11H16N2O3/c1-8(2)6-12-10(14)11(15)13-7-9-4-3-5-16-9/h3-5,8H,6-7H2,1-2H3,(H,12,14)(H,13,15). The molecule has 0 aromatic carbocycles. The number of hydrogen-bond donors (Lipinski definition) is 2. The fourth-order valence-electron chi connectivity index (χ4n) is 1.04. The molecule has 2 amide bonds. The Hall–Kier alpha value is -1.78. The van der Waals surface area contributed by atoms with Gasteiger partial charge in [0.25, 0.3) is 0 Å². The zero-order valence-electron chi connectivity index (χ0n) is 9.45. The van der Waals surface area contributed by atoms with Gasteiger partial charge in [0.1, 0.15) is 5.76 Å². The van der Waals surface area contributed by atoms with Gasteiger partial charge in [0, 0.05) is 6.54 Å². The van der Waals surface area contributed by atoms with Crippen molar-refractivity contribution >= 4 is 11.8 Å². The van der Waals surface area contributed by atoms with E-state index in [9.17, 15) is 9.59 Å². The van der Waals surface area contributed by atoms with Gasteiger partial charge in [-0.2, -0.15) is 0 Å². The maximum atomic E-state index is 11.3. The normalized spacial score (nSPS) is 10.2. The van der Waals surface area contributed by atoms with Crippen LogP contribution in [0.5, 0.6) is 0 Å². The highest BCUT2D eigenvalue weighted by Gasteiger charge is 2.13. The Morgan fingerprint density at radius 2 is 2.00 bits per heavy atom. The monoisotopic (exact) mass is 224 g/mol. The number of hydrogen-bond acceptors (Lipinski definition) is 3. The Kier molecular flexibility index (Phi) is 4.57. The number of furan rings is 1. The highest BCUT2D eigenvalue weighted by atomic mass is 16.3. The first-order valence-electron chi connectivity index (χ1n) is 5.18. The van der Waals surface area contributed by atoms with E-state index in [2.05, 4.69) is 10.6 Å². The van der Waals surface area contributed by atoms with Gasteiger partial charge in [-0.25, -0.2) is 0 Å². The number of nitrogens with one attached hydrogen (secondary N) is 2. The SMILES string of the molecule is CC(C)CNC(=O)C(=O)NCc1ccco1. The summed E-state index contributed by atoms with van der Waals surface area (Å²) >= 11 is 0. The molecular formula is C11H16N2O3. The summed E-state index contributed by atoms with van der Waals surface area (Å²) in [4.78, 5) is 22.5. The third-order valence-electron chi connectivity index (χ3n) is 1.88. The van der Waals surface area contributed by atoms with E-state index in [4.69, 9.17) is 4.42 Å². The van der Waals surface area contributed by atoms with Gasteiger partial charge in [-0.3, -0.25) is 9.59 Å². The first-order chi connectivity index (χ1) is 7.59. The van der Waals surface area contributed by atoms with Crippen LogP contribution in [0.3, 0.4) is 0 Å². The van der Waals surface area contributed by atoms with Crippen LogP contribution >= 0.6 is 0 Å². The largest absolute Gasteiger partial charge is 0.467 e.